The first-order valence-corrected chi connectivity index (χ1v) is 8.06. The molecule has 1 N–H and O–H groups in total. The fourth-order valence-electron chi connectivity index (χ4n) is 3.19. The zero-order chi connectivity index (χ0) is 14.6. The third-order valence-electron chi connectivity index (χ3n) is 4.79. The molecule has 112 valence electrons. The maximum atomic E-state index is 3.68. The molecule has 1 aromatic carbocycles. The van der Waals surface area contributed by atoms with Gasteiger partial charge in [0.1, 0.15) is 0 Å². The van der Waals surface area contributed by atoms with Crippen molar-refractivity contribution in [1.82, 2.24) is 10.2 Å². The van der Waals surface area contributed by atoms with E-state index in [0.717, 1.165) is 6.54 Å². The largest absolute Gasteiger partial charge is 0.309 e. The normalized spacial score (nSPS) is 22.4. The molecule has 0 aromatic heterocycles. The lowest BCUT2D eigenvalue weighted by Crippen LogP contribution is -2.47. The van der Waals surface area contributed by atoms with Crippen molar-refractivity contribution in [3.63, 3.8) is 0 Å². The van der Waals surface area contributed by atoms with Gasteiger partial charge < -0.3 is 5.32 Å². The summed E-state index contributed by atoms with van der Waals surface area (Å²) in [6, 6.07) is 11.9. The molecule has 20 heavy (non-hydrogen) atoms. The van der Waals surface area contributed by atoms with Crippen LogP contribution in [0.1, 0.15) is 52.1 Å². The SMILES string of the molecule is CCNC(c1ccccc1)C(C)N1CCC(C)(C)CC1. The van der Waals surface area contributed by atoms with Crippen molar-refractivity contribution in [3.05, 3.63) is 35.9 Å². The molecule has 2 rings (SSSR count). The number of hydrogen-bond donors (Lipinski definition) is 1. The molecule has 0 radical (unpaired) electrons. The van der Waals surface area contributed by atoms with Gasteiger partial charge in [-0.3, -0.25) is 4.90 Å². The summed E-state index contributed by atoms with van der Waals surface area (Å²) in [5, 5.41) is 3.68. The summed E-state index contributed by atoms with van der Waals surface area (Å²) in [6.45, 7) is 12.8. The van der Waals surface area contributed by atoms with E-state index in [-0.39, 0.29) is 0 Å². The molecule has 1 heterocycles. The summed E-state index contributed by atoms with van der Waals surface area (Å²) < 4.78 is 0. The van der Waals surface area contributed by atoms with Crippen LogP contribution in [-0.2, 0) is 0 Å². The Morgan fingerprint density at radius 3 is 2.30 bits per heavy atom. The highest BCUT2D eigenvalue weighted by atomic mass is 15.2. The van der Waals surface area contributed by atoms with E-state index in [1.54, 1.807) is 0 Å². The highest BCUT2D eigenvalue weighted by Crippen LogP contribution is 2.32. The molecule has 0 spiro atoms. The number of nitrogens with zero attached hydrogens (tertiary/aromatic N) is 1. The molecule has 2 heteroatoms. The lowest BCUT2D eigenvalue weighted by atomic mass is 9.82. The van der Waals surface area contributed by atoms with Crippen molar-refractivity contribution in [2.45, 2.75) is 52.6 Å². The molecule has 1 aliphatic rings. The number of benzene rings is 1. The molecule has 1 fully saturated rings. The molecular weight excluding hydrogens is 244 g/mol. The number of nitrogens with one attached hydrogen (secondary N) is 1. The van der Waals surface area contributed by atoms with Crippen molar-refractivity contribution >= 4 is 0 Å². The molecule has 2 unspecified atom stereocenters. The number of hydrogen-bond acceptors (Lipinski definition) is 2. The van der Waals surface area contributed by atoms with Gasteiger partial charge in [0, 0.05) is 12.1 Å². The van der Waals surface area contributed by atoms with E-state index in [0.29, 0.717) is 17.5 Å². The highest BCUT2D eigenvalue weighted by Gasteiger charge is 2.31. The predicted molar refractivity (Wildman–Crippen MR) is 86.9 cm³/mol. The molecule has 1 aliphatic heterocycles. The van der Waals surface area contributed by atoms with Gasteiger partial charge in [0.2, 0.25) is 0 Å². The molecule has 0 bridgehead atoms. The average molecular weight is 274 g/mol. The van der Waals surface area contributed by atoms with E-state index in [1.165, 1.54) is 31.5 Å². The van der Waals surface area contributed by atoms with E-state index < -0.39 is 0 Å². The molecule has 2 nitrogen and oxygen atoms in total. The Morgan fingerprint density at radius 2 is 1.75 bits per heavy atom. The Morgan fingerprint density at radius 1 is 1.15 bits per heavy atom. The van der Waals surface area contributed by atoms with Crippen molar-refractivity contribution < 1.29 is 0 Å². The van der Waals surface area contributed by atoms with Crippen LogP contribution in [0, 0.1) is 5.41 Å². The van der Waals surface area contributed by atoms with Gasteiger partial charge in [-0.05, 0) is 50.4 Å². The van der Waals surface area contributed by atoms with Gasteiger partial charge in [0.05, 0.1) is 0 Å². The molecule has 0 saturated carbocycles. The van der Waals surface area contributed by atoms with E-state index in [1.807, 2.05) is 0 Å². The predicted octanol–water partition coefficient (Wildman–Crippen LogP) is 3.85. The van der Waals surface area contributed by atoms with Gasteiger partial charge in [-0.1, -0.05) is 51.1 Å². The van der Waals surface area contributed by atoms with E-state index in [9.17, 15) is 0 Å². The summed E-state index contributed by atoms with van der Waals surface area (Å²) in [4.78, 5) is 2.66. The molecule has 0 amide bonds. The summed E-state index contributed by atoms with van der Waals surface area (Å²) in [5.41, 5.74) is 1.93. The van der Waals surface area contributed by atoms with Crippen LogP contribution in [0.15, 0.2) is 30.3 Å². The first-order chi connectivity index (χ1) is 9.53. The zero-order valence-electron chi connectivity index (χ0n) is 13.5. The maximum Gasteiger partial charge on any atom is 0.0475 e. The van der Waals surface area contributed by atoms with Crippen LogP contribution in [-0.4, -0.2) is 30.6 Å². The minimum absolute atomic E-state index is 0.433. The molecule has 2 atom stereocenters. The molecule has 1 saturated heterocycles. The van der Waals surface area contributed by atoms with Crippen molar-refractivity contribution in [2.24, 2.45) is 5.41 Å². The number of piperidine rings is 1. The second-order valence-corrected chi connectivity index (χ2v) is 6.89. The number of likely N-dealkylation sites (tertiary alicyclic amines) is 1. The second kappa shape index (κ2) is 6.73. The highest BCUT2D eigenvalue weighted by molar-refractivity contribution is 5.20. The van der Waals surface area contributed by atoms with Crippen molar-refractivity contribution in [1.29, 1.82) is 0 Å². The summed E-state index contributed by atoms with van der Waals surface area (Å²) >= 11 is 0. The van der Waals surface area contributed by atoms with Gasteiger partial charge in [0.25, 0.3) is 0 Å². The van der Waals surface area contributed by atoms with E-state index >= 15 is 0 Å². The Hall–Kier alpha value is -0.860. The second-order valence-electron chi connectivity index (χ2n) is 6.89. The molecular formula is C18H30N2. The van der Waals surface area contributed by atoms with Crippen molar-refractivity contribution in [3.8, 4) is 0 Å². The van der Waals surface area contributed by atoms with Gasteiger partial charge in [-0.2, -0.15) is 0 Å². The third-order valence-corrected chi connectivity index (χ3v) is 4.79. The van der Waals surface area contributed by atoms with E-state index in [4.69, 9.17) is 0 Å². The lowest BCUT2D eigenvalue weighted by Gasteiger charge is -2.42. The van der Waals surface area contributed by atoms with Crippen LogP contribution in [0.3, 0.4) is 0 Å². The number of rotatable bonds is 5. The summed E-state index contributed by atoms with van der Waals surface area (Å²) in [6.07, 6.45) is 2.62. The van der Waals surface area contributed by atoms with Gasteiger partial charge in [-0.15, -0.1) is 0 Å². The van der Waals surface area contributed by atoms with E-state index in [2.05, 4.69) is 68.2 Å². The number of likely N-dealkylation sites (N-methyl/N-ethyl adjacent to an activating group) is 1. The van der Waals surface area contributed by atoms with Crippen LogP contribution in [0.4, 0.5) is 0 Å². The van der Waals surface area contributed by atoms with Crippen molar-refractivity contribution in [2.75, 3.05) is 19.6 Å². The smallest absolute Gasteiger partial charge is 0.0475 e. The Kier molecular flexibility index (Phi) is 5.22. The fourth-order valence-corrected chi connectivity index (χ4v) is 3.19. The Balaban J connectivity index is 2.06. The quantitative estimate of drug-likeness (QED) is 0.877. The minimum Gasteiger partial charge on any atom is -0.309 e. The Bertz CT molecular complexity index is 389. The Labute approximate surface area is 124 Å². The topological polar surface area (TPSA) is 15.3 Å². The monoisotopic (exact) mass is 274 g/mol. The average Bonchev–Trinajstić information content (AvgIpc) is 2.45. The minimum atomic E-state index is 0.433. The first kappa shape index (κ1) is 15.5. The maximum absolute atomic E-state index is 3.68. The fraction of sp³-hybridized carbons (Fsp3) is 0.667. The van der Waals surface area contributed by atoms with Gasteiger partial charge >= 0.3 is 0 Å². The third kappa shape index (κ3) is 3.83. The van der Waals surface area contributed by atoms with Gasteiger partial charge in [0.15, 0.2) is 0 Å². The zero-order valence-corrected chi connectivity index (χ0v) is 13.5. The van der Waals surface area contributed by atoms with Crippen LogP contribution < -0.4 is 5.32 Å². The van der Waals surface area contributed by atoms with Crippen LogP contribution in [0.5, 0.6) is 0 Å². The molecule has 1 aromatic rings. The molecule has 0 aliphatic carbocycles. The summed E-state index contributed by atoms with van der Waals surface area (Å²) in [7, 11) is 0. The van der Waals surface area contributed by atoms with Gasteiger partial charge in [-0.25, -0.2) is 0 Å². The lowest BCUT2D eigenvalue weighted by molar-refractivity contribution is 0.0833. The first-order valence-electron chi connectivity index (χ1n) is 8.06. The standard InChI is InChI=1S/C18H30N2/c1-5-19-17(16-9-7-6-8-10-16)15(2)20-13-11-18(3,4)12-14-20/h6-10,15,17,19H,5,11-14H2,1-4H3. The van der Waals surface area contributed by atoms with Crippen LogP contribution in [0.25, 0.3) is 0 Å². The van der Waals surface area contributed by atoms with Crippen LogP contribution in [0.2, 0.25) is 0 Å². The van der Waals surface area contributed by atoms with Crippen LogP contribution >= 0.6 is 0 Å². The summed E-state index contributed by atoms with van der Waals surface area (Å²) in [5.74, 6) is 0.